The van der Waals surface area contributed by atoms with Crippen LogP contribution < -0.4 is 0 Å². The van der Waals surface area contributed by atoms with E-state index in [9.17, 15) is 9.59 Å². The van der Waals surface area contributed by atoms with Gasteiger partial charge in [0.2, 0.25) is 0 Å². The van der Waals surface area contributed by atoms with Crippen molar-refractivity contribution in [1.29, 1.82) is 0 Å². The SMILES string of the molecule is COC(=O)CCCCC1CC2COC(C=O)C2C1. The monoisotopic (exact) mass is 254 g/mol. The van der Waals surface area contributed by atoms with Gasteiger partial charge >= 0.3 is 5.97 Å². The molecule has 4 nitrogen and oxygen atoms in total. The summed E-state index contributed by atoms with van der Waals surface area (Å²) in [6.07, 6.45) is 6.78. The highest BCUT2D eigenvalue weighted by atomic mass is 16.5. The number of unbranched alkanes of at least 4 members (excludes halogenated alkanes) is 1. The summed E-state index contributed by atoms with van der Waals surface area (Å²) >= 11 is 0. The van der Waals surface area contributed by atoms with E-state index in [0.717, 1.165) is 38.6 Å². The lowest BCUT2D eigenvalue weighted by atomic mass is 9.95. The number of ether oxygens (including phenoxy) is 2. The maximum Gasteiger partial charge on any atom is 0.305 e. The van der Waals surface area contributed by atoms with Crippen LogP contribution in [0.1, 0.15) is 38.5 Å². The molecule has 1 heterocycles. The second-order valence-electron chi connectivity index (χ2n) is 5.52. The second-order valence-corrected chi connectivity index (χ2v) is 5.52. The van der Waals surface area contributed by atoms with Crippen molar-refractivity contribution in [1.82, 2.24) is 0 Å². The quantitative estimate of drug-likeness (QED) is 0.413. The molecule has 0 bridgehead atoms. The van der Waals surface area contributed by atoms with Gasteiger partial charge in [0.25, 0.3) is 0 Å². The molecule has 2 rings (SSSR count). The number of carbonyl (C=O) groups is 2. The molecule has 4 atom stereocenters. The molecule has 102 valence electrons. The summed E-state index contributed by atoms with van der Waals surface area (Å²) in [7, 11) is 1.43. The summed E-state index contributed by atoms with van der Waals surface area (Å²) < 4.78 is 10.1. The third-order valence-corrected chi connectivity index (χ3v) is 4.38. The number of rotatable bonds is 6. The summed E-state index contributed by atoms with van der Waals surface area (Å²) in [5.41, 5.74) is 0. The summed E-state index contributed by atoms with van der Waals surface area (Å²) in [6.45, 7) is 0.757. The minimum atomic E-state index is -0.157. The van der Waals surface area contributed by atoms with Gasteiger partial charge in [-0.2, -0.15) is 0 Å². The van der Waals surface area contributed by atoms with E-state index in [1.165, 1.54) is 13.5 Å². The molecule has 0 radical (unpaired) electrons. The van der Waals surface area contributed by atoms with E-state index in [1.807, 2.05) is 0 Å². The number of aldehydes is 1. The fourth-order valence-corrected chi connectivity index (χ4v) is 3.41. The Labute approximate surface area is 108 Å². The van der Waals surface area contributed by atoms with Crippen LogP contribution in [0.15, 0.2) is 0 Å². The number of hydrogen-bond acceptors (Lipinski definition) is 4. The molecule has 2 fully saturated rings. The van der Waals surface area contributed by atoms with Crippen LogP contribution in [0.2, 0.25) is 0 Å². The maximum atomic E-state index is 11.0. The van der Waals surface area contributed by atoms with E-state index in [1.54, 1.807) is 0 Å². The van der Waals surface area contributed by atoms with Crippen molar-refractivity contribution >= 4 is 12.3 Å². The molecule has 0 amide bonds. The zero-order chi connectivity index (χ0) is 13.0. The number of fused-ring (bicyclic) bond motifs is 1. The van der Waals surface area contributed by atoms with Crippen LogP contribution in [0.25, 0.3) is 0 Å². The highest BCUT2D eigenvalue weighted by molar-refractivity contribution is 5.68. The van der Waals surface area contributed by atoms with E-state index in [4.69, 9.17) is 4.74 Å². The lowest BCUT2D eigenvalue weighted by molar-refractivity contribution is -0.140. The van der Waals surface area contributed by atoms with Gasteiger partial charge in [-0.1, -0.05) is 12.8 Å². The Morgan fingerprint density at radius 3 is 2.94 bits per heavy atom. The largest absolute Gasteiger partial charge is 0.469 e. The zero-order valence-electron chi connectivity index (χ0n) is 11.0. The Kier molecular flexibility index (Phi) is 4.75. The van der Waals surface area contributed by atoms with Gasteiger partial charge in [0, 0.05) is 6.42 Å². The molecule has 4 unspecified atom stereocenters. The predicted molar refractivity (Wildman–Crippen MR) is 66.0 cm³/mol. The van der Waals surface area contributed by atoms with Crippen LogP contribution >= 0.6 is 0 Å². The molecule has 0 aromatic heterocycles. The van der Waals surface area contributed by atoms with Crippen LogP contribution in [0.5, 0.6) is 0 Å². The first-order valence-electron chi connectivity index (χ1n) is 6.88. The van der Waals surface area contributed by atoms with Crippen LogP contribution in [-0.4, -0.2) is 32.1 Å². The number of carbonyl (C=O) groups excluding carboxylic acids is 2. The molecule has 0 N–H and O–H groups in total. The third kappa shape index (κ3) is 3.10. The highest BCUT2D eigenvalue weighted by Crippen LogP contribution is 2.45. The molecule has 0 aromatic carbocycles. The van der Waals surface area contributed by atoms with E-state index < -0.39 is 0 Å². The molecule has 18 heavy (non-hydrogen) atoms. The standard InChI is InChI=1S/C14H22O4/c1-17-14(16)5-3-2-4-10-6-11-9-18-13(8-15)12(11)7-10/h8,10-13H,2-7,9H2,1H3. The molecule has 0 spiro atoms. The van der Waals surface area contributed by atoms with Crippen LogP contribution in [0.3, 0.4) is 0 Å². The lowest BCUT2D eigenvalue weighted by Crippen LogP contribution is -2.18. The Balaban J connectivity index is 1.64. The van der Waals surface area contributed by atoms with Gasteiger partial charge in [0.05, 0.1) is 13.7 Å². The minimum Gasteiger partial charge on any atom is -0.469 e. The van der Waals surface area contributed by atoms with Crippen molar-refractivity contribution in [3.63, 3.8) is 0 Å². The van der Waals surface area contributed by atoms with Crippen molar-refractivity contribution in [2.24, 2.45) is 17.8 Å². The molecule has 1 aliphatic heterocycles. The van der Waals surface area contributed by atoms with Crippen LogP contribution in [-0.2, 0) is 19.1 Å². The molecular formula is C14H22O4. The van der Waals surface area contributed by atoms with Gasteiger partial charge in [-0.15, -0.1) is 0 Å². The molecule has 2 aliphatic rings. The summed E-state index contributed by atoms with van der Waals surface area (Å²) in [5, 5.41) is 0. The van der Waals surface area contributed by atoms with Gasteiger partial charge in [-0.3, -0.25) is 4.79 Å². The fraction of sp³-hybridized carbons (Fsp3) is 0.857. The lowest BCUT2D eigenvalue weighted by Gasteiger charge is -2.13. The minimum absolute atomic E-state index is 0.118. The first kappa shape index (κ1) is 13.5. The summed E-state index contributed by atoms with van der Waals surface area (Å²) in [4.78, 5) is 21.8. The van der Waals surface area contributed by atoms with Crippen molar-refractivity contribution in [3.8, 4) is 0 Å². The van der Waals surface area contributed by atoms with Crippen LogP contribution in [0.4, 0.5) is 0 Å². The van der Waals surface area contributed by atoms with E-state index in [2.05, 4.69) is 4.74 Å². The maximum absolute atomic E-state index is 11.0. The van der Waals surface area contributed by atoms with Crippen molar-refractivity contribution < 1.29 is 19.1 Å². The van der Waals surface area contributed by atoms with Crippen molar-refractivity contribution in [2.75, 3.05) is 13.7 Å². The van der Waals surface area contributed by atoms with E-state index in [-0.39, 0.29) is 12.1 Å². The summed E-state index contributed by atoms with van der Waals surface area (Å²) in [6, 6.07) is 0. The summed E-state index contributed by atoms with van der Waals surface area (Å²) in [5.74, 6) is 1.63. The van der Waals surface area contributed by atoms with E-state index >= 15 is 0 Å². The number of esters is 1. The Morgan fingerprint density at radius 1 is 1.39 bits per heavy atom. The third-order valence-electron chi connectivity index (χ3n) is 4.38. The molecule has 4 heteroatoms. The topological polar surface area (TPSA) is 52.6 Å². The highest BCUT2D eigenvalue weighted by Gasteiger charge is 2.43. The Morgan fingerprint density at radius 2 is 2.22 bits per heavy atom. The van der Waals surface area contributed by atoms with Crippen LogP contribution in [0, 0.1) is 17.8 Å². The predicted octanol–water partition coefficient (Wildman–Crippen LogP) is 1.96. The Hall–Kier alpha value is -0.900. The van der Waals surface area contributed by atoms with Crippen molar-refractivity contribution in [3.05, 3.63) is 0 Å². The first-order chi connectivity index (χ1) is 8.74. The van der Waals surface area contributed by atoms with E-state index in [0.29, 0.717) is 24.2 Å². The molecular weight excluding hydrogens is 232 g/mol. The van der Waals surface area contributed by atoms with Gasteiger partial charge in [0.1, 0.15) is 12.4 Å². The smallest absolute Gasteiger partial charge is 0.305 e. The first-order valence-corrected chi connectivity index (χ1v) is 6.88. The second kappa shape index (κ2) is 6.32. The van der Waals surface area contributed by atoms with Crippen molar-refractivity contribution in [2.45, 2.75) is 44.6 Å². The average molecular weight is 254 g/mol. The molecule has 1 aliphatic carbocycles. The zero-order valence-corrected chi connectivity index (χ0v) is 11.0. The molecule has 1 saturated heterocycles. The Bertz CT molecular complexity index is 302. The molecule has 0 aromatic rings. The van der Waals surface area contributed by atoms with Gasteiger partial charge in [-0.05, 0) is 37.0 Å². The van der Waals surface area contributed by atoms with Gasteiger partial charge in [0.15, 0.2) is 0 Å². The molecule has 1 saturated carbocycles. The number of hydrogen-bond donors (Lipinski definition) is 0. The number of methoxy groups -OCH3 is 1. The van der Waals surface area contributed by atoms with Gasteiger partial charge in [-0.25, -0.2) is 0 Å². The normalized spacial score (nSPS) is 34.3. The fourth-order valence-electron chi connectivity index (χ4n) is 3.41. The van der Waals surface area contributed by atoms with Gasteiger partial charge < -0.3 is 14.3 Å². The average Bonchev–Trinajstić information content (AvgIpc) is 2.93.